The van der Waals surface area contributed by atoms with Crippen molar-refractivity contribution in [1.29, 1.82) is 0 Å². The normalized spacial score (nSPS) is 13.7. The summed E-state index contributed by atoms with van der Waals surface area (Å²) in [6.07, 6.45) is 9.50. The van der Waals surface area contributed by atoms with Gasteiger partial charge in [-0.2, -0.15) is 49.2 Å². The van der Waals surface area contributed by atoms with Crippen molar-refractivity contribution in [3.05, 3.63) is 42.8 Å². The van der Waals surface area contributed by atoms with Gasteiger partial charge in [0, 0.05) is 0 Å². The number of benzene rings is 1. The maximum absolute atomic E-state index is 2.89. The third-order valence-corrected chi connectivity index (χ3v) is 1.92. The molecule has 0 aromatic heterocycles. The fraction of sp³-hybridized carbons (Fsp3) is 0.417. The maximum atomic E-state index is 2.89. The van der Waals surface area contributed by atoms with Crippen LogP contribution in [0.2, 0.25) is 0 Å². The molecule has 2 rings (SSSR count). The largest absolute Gasteiger partial charge is 1.00 e. The zero-order valence-corrected chi connectivity index (χ0v) is 9.50. The molecule has 14 heavy (non-hydrogen) atoms. The first-order valence-electron chi connectivity index (χ1n) is 4.73. The van der Waals surface area contributed by atoms with Crippen molar-refractivity contribution in [3.63, 3.8) is 0 Å². The van der Waals surface area contributed by atoms with Crippen LogP contribution in [0.5, 0.6) is 0 Å². The summed E-state index contributed by atoms with van der Waals surface area (Å²) in [5.41, 5.74) is 0. The van der Waals surface area contributed by atoms with Gasteiger partial charge in [-0.25, -0.2) is 0 Å². The van der Waals surface area contributed by atoms with Crippen molar-refractivity contribution in [1.82, 2.24) is 0 Å². The molecule has 0 spiro atoms. The van der Waals surface area contributed by atoms with Crippen molar-refractivity contribution < 1.29 is 37.7 Å². The molecule has 0 amide bonds. The van der Waals surface area contributed by atoms with Crippen molar-refractivity contribution in [2.45, 2.75) is 32.1 Å². The van der Waals surface area contributed by atoms with Gasteiger partial charge in [-0.1, -0.05) is 19.3 Å². The minimum absolute atomic E-state index is 0. The number of rotatable bonds is 0. The van der Waals surface area contributed by atoms with Crippen LogP contribution in [-0.2, 0) is 0 Å². The van der Waals surface area contributed by atoms with E-state index in [1.807, 2.05) is 30.3 Å². The summed E-state index contributed by atoms with van der Waals surface area (Å²) in [5.74, 6) is 0. The van der Waals surface area contributed by atoms with Gasteiger partial charge in [-0.3, -0.25) is 0 Å². The van der Waals surface area contributed by atoms with Gasteiger partial charge in [0.25, 0.3) is 0 Å². The molecule has 1 aliphatic rings. The van der Waals surface area contributed by atoms with Gasteiger partial charge in [0.05, 0.1) is 0 Å². The Bertz CT molecular complexity index is 133. The first-order chi connectivity index (χ1) is 6.00. The van der Waals surface area contributed by atoms with E-state index in [0.717, 1.165) is 0 Å². The predicted octanol–water partition coefficient (Wildman–Crippen LogP) is -2.35. The van der Waals surface area contributed by atoms with E-state index in [1.165, 1.54) is 32.1 Å². The third-order valence-electron chi connectivity index (χ3n) is 1.92. The second-order valence-corrected chi connectivity index (χ2v) is 3.00. The maximum Gasteiger partial charge on any atom is 1.00 e. The molecule has 1 fully saturated rings. The van der Waals surface area contributed by atoms with Crippen LogP contribution in [0.25, 0.3) is 0 Å². The first kappa shape index (κ1) is 16.8. The molecule has 0 unspecified atom stereocenters. The molecular weight excluding hydrogens is 158 g/mol. The molecule has 1 aromatic rings. The van der Waals surface area contributed by atoms with Crippen molar-refractivity contribution in [2.75, 3.05) is 0 Å². The predicted molar refractivity (Wildman–Crippen MR) is 52.7 cm³/mol. The smallest absolute Gasteiger partial charge is 0.328 e. The molecule has 1 aliphatic carbocycles. The summed E-state index contributed by atoms with van der Waals surface area (Å²) in [5, 5.41) is 0. The summed E-state index contributed by atoms with van der Waals surface area (Å²) in [7, 11) is 0. The second-order valence-electron chi connectivity index (χ2n) is 3.00. The summed E-state index contributed by atoms with van der Waals surface area (Å²) in [4.78, 5) is 0. The van der Waals surface area contributed by atoms with Crippen LogP contribution < -0.4 is 37.7 Å². The van der Waals surface area contributed by atoms with Gasteiger partial charge in [-0.05, 0) is 0 Å². The topological polar surface area (TPSA) is 0 Å². The molecule has 66 valence electrons. The van der Waals surface area contributed by atoms with Gasteiger partial charge >= 0.3 is 37.7 Å². The molecule has 0 saturated heterocycles. The number of hydrogen-bond donors (Lipinski definition) is 0. The Balaban J connectivity index is 0. The minimum atomic E-state index is 0. The summed E-state index contributed by atoms with van der Waals surface area (Å²) >= 11 is 0. The quantitative estimate of drug-likeness (QED) is 0.305. The van der Waals surface area contributed by atoms with Crippen LogP contribution in [0.4, 0.5) is 0 Å². The standard InChI is InChI=1S/C6H11.C6H5.2Li/c2*1-2-4-6-5-3-1;;/h1H,2-6H2;1-5H;;/q2*-1;2*+1. The summed E-state index contributed by atoms with van der Waals surface area (Å²) < 4.78 is 0. The van der Waals surface area contributed by atoms with Crippen molar-refractivity contribution >= 4 is 0 Å². The van der Waals surface area contributed by atoms with Gasteiger partial charge < -0.3 is 6.42 Å². The Morgan fingerprint density at radius 1 is 0.786 bits per heavy atom. The van der Waals surface area contributed by atoms with Crippen LogP contribution in [0.3, 0.4) is 0 Å². The van der Waals surface area contributed by atoms with Crippen molar-refractivity contribution in [3.8, 4) is 0 Å². The fourth-order valence-corrected chi connectivity index (χ4v) is 1.24. The van der Waals surface area contributed by atoms with E-state index in [9.17, 15) is 0 Å². The fourth-order valence-electron chi connectivity index (χ4n) is 1.24. The van der Waals surface area contributed by atoms with E-state index in [4.69, 9.17) is 0 Å². The van der Waals surface area contributed by atoms with Crippen molar-refractivity contribution in [2.24, 2.45) is 0 Å². The summed E-state index contributed by atoms with van der Waals surface area (Å²) in [6, 6.07) is 12.5. The monoisotopic (exact) mass is 174 g/mol. The van der Waals surface area contributed by atoms with Gasteiger partial charge in [0.15, 0.2) is 0 Å². The van der Waals surface area contributed by atoms with Gasteiger partial charge in [-0.15, -0.1) is 0 Å². The Hall–Kier alpha value is 0.415. The van der Waals surface area contributed by atoms with Gasteiger partial charge in [0.1, 0.15) is 0 Å². The van der Waals surface area contributed by atoms with E-state index < -0.39 is 0 Å². The van der Waals surface area contributed by atoms with Crippen LogP contribution in [0, 0.1) is 12.5 Å². The summed E-state index contributed by atoms with van der Waals surface area (Å²) in [6.45, 7) is 0. The molecule has 0 bridgehead atoms. The average Bonchev–Trinajstić information content (AvgIpc) is 2.24. The van der Waals surface area contributed by atoms with E-state index in [2.05, 4.69) is 12.5 Å². The van der Waals surface area contributed by atoms with E-state index in [0.29, 0.717) is 0 Å². The van der Waals surface area contributed by atoms with Crippen LogP contribution in [0.1, 0.15) is 32.1 Å². The van der Waals surface area contributed by atoms with Gasteiger partial charge in [0.2, 0.25) is 0 Å². The Morgan fingerprint density at radius 2 is 1.36 bits per heavy atom. The SMILES string of the molecule is [CH-]1CCCCC1.[Li+].[Li+].[c-]1ccccc1. The number of hydrogen-bond acceptors (Lipinski definition) is 0. The molecule has 0 aliphatic heterocycles. The Kier molecular flexibility index (Phi) is 16.1. The Labute approximate surface area is 112 Å². The third kappa shape index (κ3) is 10.5. The first-order valence-corrected chi connectivity index (χ1v) is 4.73. The minimum Gasteiger partial charge on any atom is -0.328 e. The molecule has 0 radical (unpaired) electrons. The zero-order valence-electron chi connectivity index (χ0n) is 9.50. The molecule has 1 aromatic carbocycles. The molecule has 2 heteroatoms. The zero-order chi connectivity index (χ0) is 8.49. The molecule has 0 atom stereocenters. The molecule has 0 heterocycles. The molecule has 1 saturated carbocycles. The van der Waals surface area contributed by atoms with Crippen LogP contribution in [-0.4, -0.2) is 0 Å². The van der Waals surface area contributed by atoms with E-state index in [-0.39, 0.29) is 37.7 Å². The average molecular weight is 174 g/mol. The van der Waals surface area contributed by atoms with Crippen LogP contribution in [0.15, 0.2) is 30.3 Å². The molecular formula is C12H16Li2. The van der Waals surface area contributed by atoms with Crippen LogP contribution >= 0.6 is 0 Å². The van der Waals surface area contributed by atoms with E-state index in [1.54, 1.807) is 0 Å². The molecule has 0 nitrogen and oxygen atoms in total. The second kappa shape index (κ2) is 13.4. The Morgan fingerprint density at radius 3 is 1.50 bits per heavy atom. The molecule has 0 N–H and O–H groups in total. The van der Waals surface area contributed by atoms with E-state index >= 15 is 0 Å².